The number of carbonyl (C=O) groups is 7. The molecule has 2 amide bonds. The minimum Gasteiger partial charge on any atom is -0.438 e. The van der Waals surface area contributed by atoms with E-state index in [1.807, 2.05) is 5.43 Å². The number of carbonyl (C=O) groups excluding carboxylic acids is 7. The zero-order valence-electron chi connectivity index (χ0n) is 25.3. The maximum absolute atomic E-state index is 11.8. The lowest BCUT2D eigenvalue weighted by molar-refractivity contribution is -0.156. The zero-order chi connectivity index (χ0) is 34.0. The van der Waals surface area contributed by atoms with Gasteiger partial charge >= 0.3 is 11.9 Å². The van der Waals surface area contributed by atoms with Gasteiger partial charge in [-0.1, -0.05) is 0 Å². The molecule has 0 aliphatic heterocycles. The number of rotatable bonds is 15. The van der Waals surface area contributed by atoms with Crippen molar-refractivity contribution in [1.82, 2.24) is 20.8 Å². The lowest BCUT2D eigenvalue weighted by atomic mass is 10.1. The van der Waals surface area contributed by atoms with Gasteiger partial charge in [0.15, 0.2) is 19.4 Å². The number of esters is 2. The van der Waals surface area contributed by atoms with Crippen LogP contribution in [0, 0.1) is 0 Å². The number of aromatic nitrogens is 2. The zero-order valence-corrected chi connectivity index (χ0v) is 25.3. The van der Waals surface area contributed by atoms with Gasteiger partial charge in [0.05, 0.1) is 18.6 Å². The predicted octanol–water partition coefficient (Wildman–Crippen LogP) is 0.441. The molecule has 17 heteroatoms. The highest BCUT2D eigenvalue weighted by Crippen LogP contribution is 2.00. The molecule has 0 aliphatic rings. The van der Waals surface area contributed by atoms with E-state index in [1.165, 1.54) is 65.0 Å². The number of amides is 2. The number of hydrogen-bond donors (Lipinski definition) is 3. The van der Waals surface area contributed by atoms with E-state index in [1.54, 1.807) is 12.1 Å². The number of ketones is 3. The summed E-state index contributed by atoms with van der Waals surface area (Å²) in [6.45, 7) is 2.29. The van der Waals surface area contributed by atoms with Gasteiger partial charge in [0.1, 0.15) is 18.0 Å². The van der Waals surface area contributed by atoms with Crippen molar-refractivity contribution in [3.63, 3.8) is 0 Å². The van der Waals surface area contributed by atoms with E-state index in [9.17, 15) is 33.6 Å². The average Bonchev–Trinajstić information content (AvgIpc) is 3.01. The van der Waals surface area contributed by atoms with Crippen LogP contribution in [0.2, 0.25) is 0 Å². The second kappa shape index (κ2) is 24.2. The normalized spacial score (nSPS) is 10.0. The number of nitrogens with one attached hydrogen (secondary N) is 2. The van der Waals surface area contributed by atoms with Crippen molar-refractivity contribution >= 4 is 46.8 Å². The van der Waals surface area contributed by atoms with Gasteiger partial charge in [0.2, 0.25) is 0 Å². The number of methoxy groups -OCH3 is 2. The molecule has 0 spiro atoms. The third kappa shape index (κ3) is 21.1. The quantitative estimate of drug-likeness (QED) is 0.0459. The van der Waals surface area contributed by atoms with Crippen LogP contribution in [0.5, 0.6) is 0 Å². The SMILES string of the molecule is COCOC(=O)CC(=O)CC(C)=O.COCOC(=O)CC(CC(C)=O)=NNC(=O)c1ccncc1.NNC(=O)c1ccncc1. The highest BCUT2D eigenvalue weighted by atomic mass is 16.7. The molecule has 2 aromatic rings. The molecule has 0 fully saturated rings. The summed E-state index contributed by atoms with van der Waals surface area (Å²) in [5.41, 5.74) is 5.39. The van der Waals surface area contributed by atoms with E-state index < -0.39 is 23.6 Å². The van der Waals surface area contributed by atoms with Crippen molar-refractivity contribution < 1.29 is 52.5 Å². The van der Waals surface area contributed by atoms with E-state index in [2.05, 4.69) is 34.7 Å². The van der Waals surface area contributed by atoms with Crippen molar-refractivity contribution in [1.29, 1.82) is 0 Å². The summed E-state index contributed by atoms with van der Waals surface area (Å²) in [6.07, 6.45) is 5.15. The van der Waals surface area contributed by atoms with Gasteiger partial charge < -0.3 is 18.9 Å². The van der Waals surface area contributed by atoms with E-state index in [-0.39, 0.29) is 62.5 Å². The molecule has 0 saturated heterocycles. The standard InChI is InChI=1S/C14H17N3O5.C8H12O5.C6H7N3O/c1-10(18)7-12(8-13(19)22-9-21-2)16-17-14(20)11-3-5-15-6-4-11;1-6(9)3-7(10)4-8(11)13-5-12-2;7-9-6(10)5-1-3-8-4-2-5/h3-6H,7-9H2,1-2H3,(H,17,20);3-5H2,1-2H3;1-4H,7H2,(H,9,10). The fraction of sp³-hybridized carbons (Fsp3) is 0.357. The van der Waals surface area contributed by atoms with Crippen molar-refractivity contribution in [2.24, 2.45) is 10.9 Å². The Morgan fingerprint density at radius 3 is 1.56 bits per heavy atom. The van der Waals surface area contributed by atoms with E-state index >= 15 is 0 Å². The van der Waals surface area contributed by atoms with Gasteiger partial charge in [0, 0.05) is 56.6 Å². The van der Waals surface area contributed by atoms with Gasteiger partial charge in [-0.25, -0.2) is 11.3 Å². The van der Waals surface area contributed by atoms with E-state index in [4.69, 9.17) is 10.6 Å². The van der Waals surface area contributed by atoms with Crippen molar-refractivity contribution in [3.05, 3.63) is 60.2 Å². The summed E-state index contributed by atoms with van der Waals surface area (Å²) in [6, 6.07) is 6.20. The third-order valence-corrected chi connectivity index (χ3v) is 4.60. The molecule has 2 heterocycles. The molecule has 0 aliphatic carbocycles. The van der Waals surface area contributed by atoms with Crippen LogP contribution in [0.4, 0.5) is 0 Å². The molecule has 17 nitrogen and oxygen atoms in total. The smallest absolute Gasteiger partial charge is 0.315 e. The van der Waals surface area contributed by atoms with Gasteiger partial charge in [-0.3, -0.25) is 49.0 Å². The number of hydrazone groups is 1. The number of hydrogen-bond acceptors (Lipinski definition) is 15. The Morgan fingerprint density at radius 2 is 1.13 bits per heavy atom. The molecular formula is C28H36N6O11. The predicted molar refractivity (Wildman–Crippen MR) is 156 cm³/mol. The summed E-state index contributed by atoms with van der Waals surface area (Å²) >= 11 is 0. The van der Waals surface area contributed by atoms with E-state index in [0.717, 1.165) is 0 Å². The molecule has 2 aromatic heterocycles. The lowest BCUT2D eigenvalue weighted by Gasteiger charge is -2.06. The summed E-state index contributed by atoms with van der Waals surface area (Å²) in [7, 11) is 2.75. The van der Waals surface area contributed by atoms with E-state index in [0.29, 0.717) is 11.1 Å². The maximum atomic E-state index is 11.8. The Balaban J connectivity index is 0.000000712. The number of nitrogens with two attached hydrogens (primary N) is 1. The maximum Gasteiger partial charge on any atom is 0.315 e. The molecule has 45 heavy (non-hydrogen) atoms. The number of nitrogen functional groups attached to an aromatic ring is 1. The summed E-state index contributed by atoms with van der Waals surface area (Å²) in [5, 5.41) is 3.82. The molecule has 244 valence electrons. The van der Waals surface area contributed by atoms with Crippen LogP contribution in [0.15, 0.2) is 54.2 Å². The number of nitrogens with zero attached hydrogens (tertiary/aromatic N) is 3. The molecule has 4 N–H and O–H groups in total. The largest absolute Gasteiger partial charge is 0.438 e. The first-order valence-corrected chi connectivity index (χ1v) is 12.9. The first kappa shape index (κ1) is 39.7. The van der Waals surface area contributed by atoms with Crippen LogP contribution < -0.4 is 16.7 Å². The second-order valence-electron chi connectivity index (χ2n) is 8.56. The van der Waals surface area contributed by atoms with Crippen molar-refractivity contribution in [2.45, 2.75) is 39.5 Å². The van der Waals surface area contributed by atoms with Crippen LogP contribution >= 0.6 is 0 Å². The third-order valence-electron chi connectivity index (χ3n) is 4.60. The lowest BCUT2D eigenvalue weighted by Crippen LogP contribution is -2.29. The Kier molecular flexibility index (Phi) is 21.4. The first-order chi connectivity index (χ1) is 21.4. The fourth-order valence-electron chi connectivity index (χ4n) is 2.73. The topological polar surface area (TPSA) is 245 Å². The molecule has 2 rings (SSSR count). The monoisotopic (exact) mass is 632 g/mol. The van der Waals surface area contributed by atoms with Crippen molar-refractivity contribution in [3.8, 4) is 0 Å². The Morgan fingerprint density at radius 1 is 0.689 bits per heavy atom. The summed E-state index contributed by atoms with van der Waals surface area (Å²) < 4.78 is 18.2. The Labute approximate surface area is 258 Å². The number of hydrazine groups is 1. The first-order valence-electron chi connectivity index (χ1n) is 12.9. The second-order valence-corrected chi connectivity index (χ2v) is 8.56. The van der Waals surface area contributed by atoms with Crippen LogP contribution in [0.3, 0.4) is 0 Å². The minimum atomic E-state index is -0.673. The summed E-state index contributed by atoms with van der Waals surface area (Å²) in [4.78, 5) is 84.9. The Bertz CT molecular complexity index is 1290. The van der Waals surface area contributed by atoms with Gasteiger partial charge in [0.25, 0.3) is 11.8 Å². The summed E-state index contributed by atoms with van der Waals surface area (Å²) in [5.74, 6) is 1.97. The number of pyridine rings is 2. The van der Waals surface area contributed by atoms with Gasteiger partial charge in [-0.05, 0) is 38.1 Å². The fourth-order valence-corrected chi connectivity index (χ4v) is 2.73. The molecule has 0 bridgehead atoms. The molecule has 0 atom stereocenters. The molecule has 0 saturated carbocycles. The van der Waals surface area contributed by atoms with Crippen LogP contribution in [-0.4, -0.2) is 84.6 Å². The Hall–Kier alpha value is -5.26. The number of Topliss-reactive ketones (excluding diaryl/α,β-unsaturated/α-hetero) is 3. The highest BCUT2D eigenvalue weighted by molar-refractivity contribution is 6.08. The molecule has 0 unspecified atom stereocenters. The van der Waals surface area contributed by atoms with Gasteiger partial charge in [-0.15, -0.1) is 0 Å². The molecule has 0 aromatic carbocycles. The molecule has 0 radical (unpaired) electrons. The van der Waals surface area contributed by atoms with Gasteiger partial charge in [-0.2, -0.15) is 5.10 Å². The average molecular weight is 633 g/mol. The van der Waals surface area contributed by atoms with Crippen LogP contribution in [0.25, 0.3) is 0 Å². The highest BCUT2D eigenvalue weighted by Gasteiger charge is 2.13. The van der Waals surface area contributed by atoms with Crippen molar-refractivity contribution in [2.75, 3.05) is 27.8 Å². The molecular weight excluding hydrogens is 596 g/mol. The van der Waals surface area contributed by atoms with Crippen LogP contribution in [0.1, 0.15) is 60.2 Å². The van der Waals surface area contributed by atoms with Crippen LogP contribution in [-0.2, 0) is 42.9 Å². The minimum absolute atomic E-state index is 0.0568. The number of ether oxygens (including phenoxy) is 4.